The van der Waals surface area contributed by atoms with Crippen molar-refractivity contribution in [3.8, 4) is 5.75 Å². The number of thiol groups is 1. The van der Waals surface area contributed by atoms with Crippen LogP contribution in [0.1, 0.15) is 12.7 Å². The molecule has 0 aliphatic carbocycles. The molecule has 3 nitrogen and oxygen atoms in total. The number of hydrogen-bond acceptors (Lipinski definition) is 4. The Morgan fingerprint density at radius 1 is 1.33 bits per heavy atom. The molecule has 0 radical (unpaired) electrons. The molecule has 15 heavy (non-hydrogen) atoms. The maximum Gasteiger partial charge on any atom is 0.127 e. The molecule has 0 aliphatic heterocycles. The van der Waals surface area contributed by atoms with E-state index in [2.05, 4.69) is 22.6 Å². The number of aromatic nitrogens is 2. The summed E-state index contributed by atoms with van der Waals surface area (Å²) in [6.07, 6.45) is 0. The van der Waals surface area contributed by atoms with Crippen LogP contribution in [0.15, 0.2) is 23.2 Å². The summed E-state index contributed by atoms with van der Waals surface area (Å²) in [7, 11) is 0. The molecule has 78 valence electrons. The lowest BCUT2D eigenvalue weighted by atomic mass is 10.2. The Labute approximate surface area is 93.9 Å². The highest BCUT2D eigenvalue weighted by atomic mass is 32.1. The van der Waals surface area contributed by atoms with Crippen LogP contribution < -0.4 is 4.74 Å². The van der Waals surface area contributed by atoms with E-state index >= 15 is 0 Å². The third-order valence-electron chi connectivity index (χ3n) is 2.07. The van der Waals surface area contributed by atoms with Crippen molar-refractivity contribution in [3.05, 3.63) is 24.0 Å². The molecule has 1 aromatic heterocycles. The van der Waals surface area contributed by atoms with E-state index in [0.29, 0.717) is 11.6 Å². The van der Waals surface area contributed by atoms with Crippen LogP contribution in [-0.2, 0) is 0 Å². The lowest BCUT2D eigenvalue weighted by Crippen LogP contribution is -1.94. The molecule has 4 heteroatoms. The van der Waals surface area contributed by atoms with Crippen LogP contribution in [0.4, 0.5) is 0 Å². The van der Waals surface area contributed by atoms with E-state index in [1.54, 1.807) is 0 Å². The van der Waals surface area contributed by atoms with Gasteiger partial charge in [-0.2, -0.15) is 0 Å². The van der Waals surface area contributed by atoms with E-state index in [1.807, 2.05) is 32.0 Å². The number of benzene rings is 1. The Morgan fingerprint density at radius 2 is 2.13 bits per heavy atom. The Balaban J connectivity index is 2.60. The van der Waals surface area contributed by atoms with E-state index in [9.17, 15) is 0 Å². The number of rotatable bonds is 2. The first-order valence-electron chi connectivity index (χ1n) is 4.81. The van der Waals surface area contributed by atoms with Crippen molar-refractivity contribution in [2.75, 3.05) is 6.61 Å². The summed E-state index contributed by atoms with van der Waals surface area (Å²) in [5.74, 6) is 1.56. The van der Waals surface area contributed by atoms with E-state index < -0.39 is 0 Å². The highest BCUT2D eigenvalue weighted by molar-refractivity contribution is 7.80. The maximum absolute atomic E-state index is 5.41. The second kappa shape index (κ2) is 4.06. The summed E-state index contributed by atoms with van der Waals surface area (Å²) in [5, 5.41) is 1.62. The summed E-state index contributed by atoms with van der Waals surface area (Å²) in [5.41, 5.74) is 0.899. The average molecular weight is 220 g/mol. The first-order valence-corrected chi connectivity index (χ1v) is 5.25. The SMILES string of the molecule is CCOc1ccc2nc(C)nc(S)c2c1. The Morgan fingerprint density at radius 3 is 2.87 bits per heavy atom. The zero-order valence-electron chi connectivity index (χ0n) is 8.69. The van der Waals surface area contributed by atoms with E-state index in [4.69, 9.17) is 4.74 Å². The van der Waals surface area contributed by atoms with E-state index in [-0.39, 0.29) is 0 Å². The van der Waals surface area contributed by atoms with Crippen molar-refractivity contribution in [2.45, 2.75) is 18.9 Å². The monoisotopic (exact) mass is 220 g/mol. The molecule has 0 bridgehead atoms. The predicted molar refractivity (Wildman–Crippen MR) is 62.7 cm³/mol. The van der Waals surface area contributed by atoms with Gasteiger partial charge in [0.25, 0.3) is 0 Å². The second-order valence-corrected chi connectivity index (χ2v) is 3.63. The van der Waals surface area contributed by atoms with Gasteiger partial charge in [0.15, 0.2) is 0 Å². The van der Waals surface area contributed by atoms with Crippen molar-refractivity contribution in [3.63, 3.8) is 0 Å². The molecule has 0 N–H and O–H groups in total. The van der Waals surface area contributed by atoms with Gasteiger partial charge in [-0.25, -0.2) is 9.97 Å². The molecule has 0 spiro atoms. The minimum atomic E-state index is 0.653. The summed E-state index contributed by atoms with van der Waals surface area (Å²) in [6.45, 7) is 4.47. The number of hydrogen-bond donors (Lipinski definition) is 1. The number of fused-ring (bicyclic) bond motifs is 1. The number of ether oxygens (including phenoxy) is 1. The molecule has 2 rings (SSSR count). The van der Waals surface area contributed by atoms with Crippen molar-refractivity contribution < 1.29 is 4.74 Å². The van der Waals surface area contributed by atoms with Gasteiger partial charge in [0, 0.05) is 5.39 Å². The molecule has 0 saturated carbocycles. The van der Waals surface area contributed by atoms with Crippen molar-refractivity contribution in [1.82, 2.24) is 9.97 Å². The normalized spacial score (nSPS) is 10.6. The second-order valence-electron chi connectivity index (χ2n) is 3.21. The van der Waals surface area contributed by atoms with Crippen LogP contribution in [-0.4, -0.2) is 16.6 Å². The van der Waals surface area contributed by atoms with E-state index in [0.717, 1.165) is 22.5 Å². The minimum Gasteiger partial charge on any atom is -0.494 e. The van der Waals surface area contributed by atoms with Crippen LogP contribution in [0.3, 0.4) is 0 Å². The van der Waals surface area contributed by atoms with Crippen LogP contribution >= 0.6 is 12.6 Å². The summed E-state index contributed by atoms with van der Waals surface area (Å²) in [4.78, 5) is 8.52. The molecular weight excluding hydrogens is 208 g/mol. The third kappa shape index (κ3) is 2.04. The van der Waals surface area contributed by atoms with Gasteiger partial charge in [0.2, 0.25) is 0 Å². The quantitative estimate of drug-likeness (QED) is 0.624. The van der Waals surface area contributed by atoms with Crippen LogP contribution in [0.5, 0.6) is 5.75 Å². The van der Waals surface area contributed by atoms with Gasteiger partial charge >= 0.3 is 0 Å². The van der Waals surface area contributed by atoms with Gasteiger partial charge in [-0.05, 0) is 32.0 Å². The first kappa shape index (κ1) is 10.2. The smallest absolute Gasteiger partial charge is 0.127 e. The largest absolute Gasteiger partial charge is 0.494 e. The summed E-state index contributed by atoms with van der Waals surface area (Å²) >= 11 is 4.33. The predicted octanol–water partition coefficient (Wildman–Crippen LogP) is 2.63. The first-order chi connectivity index (χ1) is 7.20. The minimum absolute atomic E-state index is 0.653. The fourth-order valence-electron chi connectivity index (χ4n) is 1.46. The standard InChI is InChI=1S/C11H12N2OS/c1-3-14-8-4-5-10-9(6-8)11(15)13-7(2)12-10/h4-6H,3H2,1-2H3,(H,12,13,15). The topological polar surface area (TPSA) is 35.0 Å². The molecule has 0 saturated heterocycles. The fraction of sp³-hybridized carbons (Fsp3) is 0.273. The van der Waals surface area contributed by atoms with Gasteiger partial charge in [-0.3, -0.25) is 0 Å². The Hall–Kier alpha value is -1.29. The molecule has 0 unspecified atom stereocenters. The highest BCUT2D eigenvalue weighted by Gasteiger charge is 2.03. The van der Waals surface area contributed by atoms with Crippen molar-refractivity contribution in [1.29, 1.82) is 0 Å². The Bertz CT molecular complexity index is 499. The lowest BCUT2D eigenvalue weighted by molar-refractivity contribution is 0.340. The molecule has 0 fully saturated rings. The van der Waals surface area contributed by atoms with Crippen molar-refractivity contribution in [2.24, 2.45) is 0 Å². The zero-order valence-corrected chi connectivity index (χ0v) is 9.58. The lowest BCUT2D eigenvalue weighted by Gasteiger charge is -2.06. The fourth-order valence-corrected chi connectivity index (χ4v) is 1.78. The van der Waals surface area contributed by atoms with Gasteiger partial charge in [0.05, 0.1) is 12.1 Å². The summed E-state index contributed by atoms with van der Waals surface area (Å²) < 4.78 is 5.41. The van der Waals surface area contributed by atoms with Crippen LogP contribution in [0.25, 0.3) is 10.9 Å². The maximum atomic E-state index is 5.41. The van der Waals surface area contributed by atoms with Gasteiger partial charge in [-0.15, -0.1) is 12.6 Å². The molecule has 2 aromatic rings. The van der Waals surface area contributed by atoms with Gasteiger partial charge < -0.3 is 4.74 Å². The third-order valence-corrected chi connectivity index (χ3v) is 2.41. The Kier molecular flexibility index (Phi) is 2.77. The van der Waals surface area contributed by atoms with Crippen LogP contribution in [0.2, 0.25) is 0 Å². The number of aryl methyl sites for hydroxylation is 1. The van der Waals surface area contributed by atoms with Crippen molar-refractivity contribution >= 4 is 23.5 Å². The molecule has 0 aliphatic rings. The van der Waals surface area contributed by atoms with Gasteiger partial charge in [0.1, 0.15) is 16.6 Å². The van der Waals surface area contributed by atoms with E-state index in [1.165, 1.54) is 0 Å². The zero-order chi connectivity index (χ0) is 10.8. The van der Waals surface area contributed by atoms with Crippen LogP contribution in [0, 0.1) is 6.92 Å². The average Bonchev–Trinajstić information content (AvgIpc) is 2.19. The number of nitrogens with zero attached hydrogens (tertiary/aromatic N) is 2. The molecule has 0 atom stereocenters. The molecule has 1 heterocycles. The highest BCUT2D eigenvalue weighted by Crippen LogP contribution is 2.23. The summed E-state index contributed by atoms with van der Waals surface area (Å²) in [6, 6.07) is 5.75. The molecular formula is C11H12N2OS. The molecule has 0 amide bonds. The van der Waals surface area contributed by atoms with Gasteiger partial charge in [-0.1, -0.05) is 0 Å². The molecule has 1 aromatic carbocycles.